The molecule has 2 heterocycles. The zero-order chi connectivity index (χ0) is 16.1. The van der Waals surface area contributed by atoms with E-state index in [0.717, 1.165) is 25.7 Å². The molecule has 2 N–H and O–H groups in total. The highest BCUT2D eigenvalue weighted by Crippen LogP contribution is 2.25. The van der Waals surface area contributed by atoms with Gasteiger partial charge in [-0.1, -0.05) is 12.8 Å². The SMILES string of the molecule is O=C(Nc1cccnc1)c1ccnc(NC(=O)C2CCCC2)c1. The summed E-state index contributed by atoms with van der Waals surface area (Å²) in [4.78, 5) is 32.4. The second kappa shape index (κ2) is 7.00. The van der Waals surface area contributed by atoms with E-state index in [1.54, 1.807) is 36.7 Å². The van der Waals surface area contributed by atoms with E-state index in [9.17, 15) is 9.59 Å². The quantitative estimate of drug-likeness (QED) is 0.909. The van der Waals surface area contributed by atoms with Crippen LogP contribution in [-0.2, 0) is 4.79 Å². The zero-order valence-electron chi connectivity index (χ0n) is 12.7. The Hall–Kier alpha value is -2.76. The Balaban J connectivity index is 1.67. The molecule has 0 unspecified atom stereocenters. The van der Waals surface area contributed by atoms with Crippen LogP contribution < -0.4 is 10.6 Å². The molecule has 0 atom stereocenters. The summed E-state index contributed by atoms with van der Waals surface area (Å²) < 4.78 is 0. The molecule has 6 nitrogen and oxygen atoms in total. The Morgan fingerprint density at radius 3 is 2.65 bits per heavy atom. The summed E-state index contributed by atoms with van der Waals surface area (Å²) in [6, 6.07) is 6.69. The van der Waals surface area contributed by atoms with Crippen molar-refractivity contribution in [1.29, 1.82) is 0 Å². The molecule has 0 saturated heterocycles. The average molecular weight is 310 g/mol. The van der Waals surface area contributed by atoms with Gasteiger partial charge in [-0.3, -0.25) is 14.6 Å². The number of hydrogen-bond donors (Lipinski definition) is 2. The summed E-state index contributed by atoms with van der Waals surface area (Å²) in [5.41, 5.74) is 1.05. The molecule has 1 saturated carbocycles. The van der Waals surface area contributed by atoms with Gasteiger partial charge in [-0.2, -0.15) is 0 Å². The third-order valence-corrected chi connectivity index (χ3v) is 3.92. The second-order valence-corrected chi connectivity index (χ2v) is 5.60. The monoisotopic (exact) mass is 310 g/mol. The Kier molecular flexibility index (Phi) is 4.61. The first-order valence-corrected chi connectivity index (χ1v) is 7.70. The first-order chi connectivity index (χ1) is 11.2. The van der Waals surface area contributed by atoms with Crippen LogP contribution in [0.5, 0.6) is 0 Å². The highest BCUT2D eigenvalue weighted by Gasteiger charge is 2.23. The lowest BCUT2D eigenvalue weighted by molar-refractivity contribution is -0.119. The molecular weight excluding hydrogens is 292 g/mol. The maximum Gasteiger partial charge on any atom is 0.255 e. The van der Waals surface area contributed by atoms with Crippen molar-refractivity contribution in [2.45, 2.75) is 25.7 Å². The van der Waals surface area contributed by atoms with Gasteiger partial charge in [-0.25, -0.2) is 4.98 Å². The fraction of sp³-hybridized carbons (Fsp3) is 0.294. The normalized spacial score (nSPS) is 14.4. The van der Waals surface area contributed by atoms with Crippen LogP contribution in [0.15, 0.2) is 42.9 Å². The summed E-state index contributed by atoms with van der Waals surface area (Å²) in [5.74, 6) is 0.182. The lowest BCUT2D eigenvalue weighted by Gasteiger charge is -2.10. The summed E-state index contributed by atoms with van der Waals surface area (Å²) in [6.07, 6.45) is 8.77. The van der Waals surface area contributed by atoms with Crippen LogP contribution >= 0.6 is 0 Å². The van der Waals surface area contributed by atoms with E-state index in [1.807, 2.05) is 0 Å². The molecule has 0 aromatic carbocycles. The molecule has 1 aliphatic rings. The molecule has 0 spiro atoms. The number of nitrogens with zero attached hydrogens (tertiary/aromatic N) is 2. The van der Waals surface area contributed by atoms with Gasteiger partial charge < -0.3 is 10.6 Å². The van der Waals surface area contributed by atoms with Gasteiger partial charge in [0.25, 0.3) is 5.91 Å². The number of amides is 2. The fourth-order valence-corrected chi connectivity index (χ4v) is 2.70. The van der Waals surface area contributed by atoms with Gasteiger partial charge in [0.2, 0.25) is 5.91 Å². The molecule has 0 radical (unpaired) electrons. The minimum atomic E-state index is -0.267. The number of nitrogens with one attached hydrogen (secondary N) is 2. The lowest BCUT2D eigenvalue weighted by atomic mass is 10.1. The van der Waals surface area contributed by atoms with Crippen LogP contribution in [0.3, 0.4) is 0 Å². The summed E-state index contributed by atoms with van der Waals surface area (Å²) in [5, 5.41) is 5.55. The first kappa shape index (κ1) is 15.1. The molecule has 6 heteroatoms. The van der Waals surface area contributed by atoms with Crippen LogP contribution in [0.2, 0.25) is 0 Å². The molecule has 0 bridgehead atoms. The van der Waals surface area contributed by atoms with Crippen LogP contribution in [0.1, 0.15) is 36.0 Å². The topological polar surface area (TPSA) is 84.0 Å². The van der Waals surface area contributed by atoms with Gasteiger partial charge >= 0.3 is 0 Å². The van der Waals surface area contributed by atoms with Gasteiger partial charge in [0.1, 0.15) is 5.82 Å². The summed E-state index contributed by atoms with van der Waals surface area (Å²) in [6.45, 7) is 0. The Labute approximate surface area is 134 Å². The van der Waals surface area contributed by atoms with Gasteiger partial charge in [0.05, 0.1) is 11.9 Å². The van der Waals surface area contributed by atoms with Gasteiger partial charge in [-0.05, 0) is 37.1 Å². The minimum Gasteiger partial charge on any atom is -0.321 e. The van der Waals surface area contributed by atoms with Crippen LogP contribution in [0, 0.1) is 5.92 Å². The Morgan fingerprint density at radius 1 is 1.09 bits per heavy atom. The maximum absolute atomic E-state index is 12.2. The number of hydrogen-bond acceptors (Lipinski definition) is 4. The van der Waals surface area contributed by atoms with E-state index in [0.29, 0.717) is 17.1 Å². The fourth-order valence-electron chi connectivity index (χ4n) is 2.70. The highest BCUT2D eigenvalue weighted by atomic mass is 16.2. The number of carbonyl (C=O) groups is 2. The predicted molar refractivity (Wildman–Crippen MR) is 87.0 cm³/mol. The smallest absolute Gasteiger partial charge is 0.255 e. The molecule has 1 fully saturated rings. The third kappa shape index (κ3) is 3.91. The molecule has 1 aliphatic carbocycles. The maximum atomic E-state index is 12.2. The highest BCUT2D eigenvalue weighted by molar-refractivity contribution is 6.05. The van der Waals surface area contributed by atoms with Crippen molar-refractivity contribution >= 4 is 23.3 Å². The Bertz CT molecular complexity index is 697. The van der Waals surface area contributed by atoms with Gasteiger partial charge in [0, 0.05) is 23.9 Å². The van der Waals surface area contributed by atoms with Gasteiger partial charge in [-0.15, -0.1) is 0 Å². The minimum absolute atomic E-state index is 0.0141. The van der Waals surface area contributed by atoms with Crippen molar-refractivity contribution in [2.24, 2.45) is 5.92 Å². The van der Waals surface area contributed by atoms with E-state index in [2.05, 4.69) is 20.6 Å². The molecule has 118 valence electrons. The van der Waals surface area contributed by atoms with Crippen molar-refractivity contribution < 1.29 is 9.59 Å². The summed E-state index contributed by atoms with van der Waals surface area (Å²) >= 11 is 0. The van der Waals surface area contributed by atoms with Crippen molar-refractivity contribution in [2.75, 3.05) is 10.6 Å². The number of rotatable bonds is 4. The van der Waals surface area contributed by atoms with Crippen LogP contribution in [-0.4, -0.2) is 21.8 Å². The third-order valence-electron chi connectivity index (χ3n) is 3.92. The van der Waals surface area contributed by atoms with Crippen molar-refractivity contribution in [1.82, 2.24) is 9.97 Å². The van der Waals surface area contributed by atoms with Gasteiger partial charge in [0.15, 0.2) is 0 Å². The molecule has 23 heavy (non-hydrogen) atoms. The number of anilines is 2. The predicted octanol–water partition coefficient (Wildman–Crippen LogP) is 2.86. The van der Waals surface area contributed by atoms with Crippen LogP contribution in [0.4, 0.5) is 11.5 Å². The first-order valence-electron chi connectivity index (χ1n) is 7.70. The average Bonchev–Trinajstić information content (AvgIpc) is 3.11. The number of pyridine rings is 2. The lowest BCUT2D eigenvalue weighted by Crippen LogP contribution is -2.21. The molecule has 2 aromatic heterocycles. The zero-order valence-corrected chi connectivity index (χ0v) is 12.7. The summed E-state index contributed by atoms with van der Waals surface area (Å²) in [7, 11) is 0. The molecule has 3 rings (SSSR count). The van der Waals surface area contributed by atoms with Crippen molar-refractivity contribution in [3.05, 3.63) is 48.4 Å². The van der Waals surface area contributed by atoms with Crippen molar-refractivity contribution in [3.63, 3.8) is 0 Å². The van der Waals surface area contributed by atoms with Crippen molar-refractivity contribution in [3.8, 4) is 0 Å². The Morgan fingerprint density at radius 2 is 1.91 bits per heavy atom. The molecule has 2 aromatic rings. The van der Waals surface area contributed by atoms with Crippen LogP contribution in [0.25, 0.3) is 0 Å². The molecule has 0 aliphatic heterocycles. The largest absolute Gasteiger partial charge is 0.321 e. The van der Waals surface area contributed by atoms with E-state index in [1.165, 1.54) is 6.20 Å². The van der Waals surface area contributed by atoms with E-state index in [4.69, 9.17) is 0 Å². The van der Waals surface area contributed by atoms with E-state index in [-0.39, 0.29) is 17.7 Å². The second-order valence-electron chi connectivity index (χ2n) is 5.60. The molecule has 2 amide bonds. The number of carbonyl (C=O) groups excluding carboxylic acids is 2. The van der Waals surface area contributed by atoms with E-state index < -0.39 is 0 Å². The standard InChI is InChI=1S/C17H18N4O2/c22-16(12-4-1-2-5-12)21-15-10-13(7-9-19-15)17(23)20-14-6-3-8-18-11-14/h3,6-12H,1-2,4-5H2,(H,20,23)(H,19,21,22). The molecular formula is C17H18N4O2. The number of aromatic nitrogens is 2. The van der Waals surface area contributed by atoms with E-state index >= 15 is 0 Å².